The molecule has 0 saturated carbocycles. The molecule has 0 radical (unpaired) electrons. The molecule has 12 aromatic carbocycles. The smallest absolute Gasteiger partial charge is 0.0826 e. The SMILES string of the molecule is Clc1cc(P(c2ccccc2)c2ccccc2)c(Cl)c(Cl)c1Cl.[Cu+].[Cu+].[Cu+].[Cu+].c1ccc(P(c2ccccc2)c2ccccc2)cc1.c1ccc(P(c2ccccc2)c2ccccc2)cc1.c1ccc(P(c2ccccc2)c2ccccc2)cc1. The number of halogens is 4. The zero-order valence-corrected chi connectivity index (χ0v) is 55.2. The molecule has 432 valence electrons. The zero-order valence-electron chi connectivity index (χ0n) is 44.8. The van der Waals surface area contributed by atoms with Crippen molar-refractivity contribution in [3.8, 4) is 0 Å². The van der Waals surface area contributed by atoms with E-state index in [4.69, 9.17) is 46.4 Å². The summed E-state index contributed by atoms with van der Waals surface area (Å²) < 4.78 is 0. The molecule has 0 heterocycles. The van der Waals surface area contributed by atoms with Gasteiger partial charge in [-0.2, -0.15) is 0 Å². The van der Waals surface area contributed by atoms with Gasteiger partial charge in [0.05, 0.1) is 20.1 Å². The van der Waals surface area contributed by atoms with Crippen LogP contribution >= 0.6 is 78.1 Å². The minimum atomic E-state index is -0.871. The van der Waals surface area contributed by atoms with Crippen LogP contribution in [0.15, 0.2) is 340 Å². The molecular formula is C72H56Cl4Cu4P4+4. The summed E-state index contributed by atoms with van der Waals surface area (Å²) in [5.41, 5.74) is 0. The molecule has 0 aliphatic heterocycles. The number of hydrogen-bond donors (Lipinski definition) is 0. The summed E-state index contributed by atoms with van der Waals surface area (Å²) in [4.78, 5) is 0. The van der Waals surface area contributed by atoms with E-state index in [1.165, 1.54) is 58.3 Å². The van der Waals surface area contributed by atoms with Crippen molar-refractivity contribution in [1.82, 2.24) is 0 Å². The van der Waals surface area contributed by atoms with Crippen molar-refractivity contribution in [2.24, 2.45) is 0 Å². The molecule has 0 amide bonds. The molecule has 0 spiro atoms. The molecule has 0 N–H and O–H groups in total. The third-order valence-electron chi connectivity index (χ3n) is 12.5. The zero-order chi connectivity index (χ0) is 55.1. The predicted molar refractivity (Wildman–Crippen MR) is 361 cm³/mol. The summed E-state index contributed by atoms with van der Waals surface area (Å²) in [5, 5.41) is 17.3. The first-order valence-electron chi connectivity index (χ1n) is 26.0. The Hall–Kier alpha value is -4.40. The van der Waals surface area contributed by atoms with E-state index in [0.29, 0.717) is 15.1 Å². The summed E-state index contributed by atoms with van der Waals surface area (Å²) in [6.45, 7) is 0. The first-order chi connectivity index (χ1) is 39.4. The minimum absolute atomic E-state index is 0. The first kappa shape index (κ1) is 70.4. The quantitative estimate of drug-likeness (QED) is 0.0495. The second-order valence-electron chi connectivity index (χ2n) is 17.9. The van der Waals surface area contributed by atoms with E-state index in [9.17, 15) is 0 Å². The van der Waals surface area contributed by atoms with Gasteiger partial charge in [0, 0.05) is 5.30 Å². The van der Waals surface area contributed by atoms with E-state index in [2.05, 4.69) is 297 Å². The van der Waals surface area contributed by atoms with Crippen LogP contribution in [0.5, 0.6) is 0 Å². The first-order valence-corrected chi connectivity index (χ1v) is 32.9. The average Bonchev–Trinajstić information content (AvgIpc) is 3.35. The number of benzene rings is 12. The van der Waals surface area contributed by atoms with Crippen molar-refractivity contribution < 1.29 is 68.3 Å². The van der Waals surface area contributed by atoms with Gasteiger partial charge in [0.2, 0.25) is 0 Å². The molecule has 12 heteroatoms. The van der Waals surface area contributed by atoms with Crippen LogP contribution in [0.2, 0.25) is 20.1 Å². The Morgan fingerprint density at radius 1 is 0.167 bits per heavy atom. The Labute approximate surface area is 564 Å². The van der Waals surface area contributed by atoms with Gasteiger partial charge in [-0.25, -0.2) is 0 Å². The fraction of sp³-hybridized carbons (Fsp3) is 0. The minimum Gasteiger partial charge on any atom is -0.0826 e. The Balaban J connectivity index is 0.000000202. The maximum Gasteiger partial charge on any atom is 1.00 e. The maximum atomic E-state index is 6.51. The van der Waals surface area contributed by atoms with E-state index in [0.717, 1.165) is 5.30 Å². The van der Waals surface area contributed by atoms with Crippen molar-refractivity contribution in [2.75, 3.05) is 0 Å². The van der Waals surface area contributed by atoms with Crippen molar-refractivity contribution in [2.45, 2.75) is 0 Å². The molecule has 0 unspecified atom stereocenters. The van der Waals surface area contributed by atoms with Crippen LogP contribution in [0.1, 0.15) is 0 Å². The Kier molecular flexibility index (Phi) is 31.8. The van der Waals surface area contributed by atoms with Gasteiger partial charge in [-0.1, -0.05) is 380 Å². The molecular weight excluding hydrogens is 1380 g/mol. The molecule has 0 fully saturated rings. The van der Waals surface area contributed by atoms with Gasteiger partial charge in [-0.05, 0) is 96.1 Å². The molecule has 0 saturated heterocycles. The van der Waals surface area contributed by atoms with Crippen molar-refractivity contribution in [3.63, 3.8) is 0 Å². The van der Waals surface area contributed by atoms with Gasteiger partial charge in [0.25, 0.3) is 0 Å². The Bertz CT molecular complexity index is 3090. The molecule has 84 heavy (non-hydrogen) atoms. The average molecular weight is 1440 g/mol. The van der Waals surface area contributed by atoms with Crippen LogP contribution < -0.4 is 63.7 Å². The molecule has 0 aliphatic rings. The number of hydrogen-bond acceptors (Lipinski definition) is 0. The van der Waals surface area contributed by atoms with Crippen LogP contribution in [-0.4, -0.2) is 0 Å². The summed E-state index contributed by atoms with van der Waals surface area (Å²) in [7, 11) is -2.21. The van der Waals surface area contributed by atoms with E-state index < -0.39 is 31.7 Å². The molecule has 12 rings (SSSR count). The van der Waals surface area contributed by atoms with Gasteiger partial charge in [0.15, 0.2) is 0 Å². The summed E-state index contributed by atoms with van der Waals surface area (Å²) in [6.07, 6.45) is 0. The molecule has 0 atom stereocenters. The largest absolute Gasteiger partial charge is 1.00 e. The standard InChI is InChI=1S/C18H11Cl4P.3C18H15P.4Cu/c19-14-11-15(17(21)18(22)16(14)20)23(12-7-3-1-4-8-12)13-9-5-2-6-10-13;3*1-4-10-16(11-5-1)19(17-12-6-2-7-13-17)18-14-8-3-9-15-18;;;;/h1-11H;3*1-15H;;;;/q;;;;4*+1. The molecule has 12 aromatic rings. The fourth-order valence-corrected chi connectivity index (χ4v) is 19.3. The van der Waals surface area contributed by atoms with Crippen molar-refractivity contribution >= 4 is 142 Å². The van der Waals surface area contributed by atoms with Crippen molar-refractivity contribution in [3.05, 3.63) is 360 Å². The van der Waals surface area contributed by atoms with Gasteiger partial charge in [-0.15, -0.1) is 0 Å². The Morgan fingerprint density at radius 3 is 0.464 bits per heavy atom. The summed E-state index contributed by atoms with van der Waals surface area (Å²) in [6, 6.07) is 119. The van der Waals surface area contributed by atoms with Gasteiger partial charge in [-0.3, -0.25) is 0 Å². The van der Waals surface area contributed by atoms with Crippen LogP contribution in [0.4, 0.5) is 0 Å². The second kappa shape index (κ2) is 38.0. The topological polar surface area (TPSA) is 0 Å². The Morgan fingerprint density at radius 2 is 0.310 bits per heavy atom. The van der Waals surface area contributed by atoms with Crippen LogP contribution in [0.3, 0.4) is 0 Å². The van der Waals surface area contributed by atoms with E-state index in [1.54, 1.807) is 0 Å². The maximum absolute atomic E-state index is 6.51. The third-order valence-corrected chi connectivity index (χ3v) is 24.2. The fourth-order valence-electron chi connectivity index (χ4n) is 8.84. The predicted octanol–water partition coefficient (Wildman–Crippen LogP) is 16.4. The molecule has 0 bridgehead atoms. The van der Waals surface area contributed by atoms with E-state index in [-0.39, 0.29) is 73.3 Å². The van der Waals surface area contributed by atoms with E-state index in [1.807, 2.05) is 42.5 Å². The third kappa shape index (κ3) is 19.8. The van der Waals surface area contributed by atoms with Crippen LogP contribution in [0, 0.1) is 0 Å². The molecule has 0 aliphatic carbocycles. The molecule has 0 aromatic heterocycles. The van der Waals surface area contributed by atoms with E-state index >= 15 is 0 Å². The monoisotopic (exact) mass is 1440 g/mol. The summed E-state index contributed by atoms with van der Waals surface area (Å²) in [5.74, 6) is 0. The van der Waals surface area contributed by atoms with Gasteiger partial charge < -0.3 is 0 Å². The summed E-state index contributed by atoms with van der Waals surface area (Å²) >= 11 is 25.1. The van der Waals surface area contributed by atoms with Crippen LogP contribution in [0.25, 0.3) is 0 Å². The molecule has 0 nitrogen and oxygen atoms in total. The van der Waals surface area contributed by atoms with Crippen molar-refractivity contribution in [1.29, 1.82) is 0 Å². The van der Waals surface area contributed by atoms with Crippen LogP contribution in [-0.2, 0) is 68.3 Å². The normalized spacial score (nSPS) is 10.2. The van der Waals surface area contributed by atoms with Gasteiger partial charge >= 0.3 is 68.3 Å². The second-order valence-corrected chi connectivity index (χ2v) is 28.2. The number of rotatable bonds is 12. The van der Waals surface area contributed by atoms with Gasteiger partial charge in [0.1, 0.15) is 0 Å².